The van der Waals surface area contributed by atoms with Gasteiger partial charge in [-0.3, -0.25) is 0 Å². The highest BCUT2D eigenvalue weighted by molar-refractivity contribution is 5.82. The molecular weight excluding hydrogens is 179 g/mol. The van der Waals surface area contributed by atoms with E-state index in [4.69, 9.17) is 5.73 Å². The quantitative estimate of drug-likeness (QED) is 0.775. The second-order valence-electron chi connectivity index (χ2n) is 3.36. The highest BCUT2D eigenvalue weighted by atomic mass is 19.1. The summed E-state index contributed by atoms with van der Waals surface area (Å²) in [6.07, 6.45) is 0. The van der Waals surface area contributed by atoms with Crippen molar-refractivity contribution in [2.24, 2.45) is 5.73 Å². The van der Waals surface area contributed by atoms with E-state index in [0.717, 1.165) is 5.52 Å². The van der Waals surface area contributed by atoms with Gasteiger partial charge in [-0.2, -0.15) is 0 Å². The Labute approximate surface area is 82.1 Å². The maximum absolute atomic E-state index is 13.7. The third-order valence-corrected chi connectivity index (χ3v) is 2.51. The molecule has 0 aliphatic carbocycles. The van der Waals surface area contributed by atoms with E-state index < -0.39 is 0 Å². The average Bonchev–Trinajstić information content (AvgIpc) is 2.45. The first kappa shape index (κ1) is 9.21. The number of benzene rings is 1. The normalized spacial score (nSPS) is 11.1. The number of hydrogen-bond acceptors (Lipinski definition) is 1. The molecule has 1 aromatic heterocycles. The summed E-state index contributed by atoms with van der Waals surface area (Å²) in [4.78, 5) is 0. The van der Waals surface area contributed by atoms with Crippen molar-refractivity contribution in [3.05, 3.63) is 35.8 Å². The molecule has 0 atom stereocenters. The molecule has 2 N–H and O–H groups in total. The molecule has 2 aromatic rings. The van der Waals surface area contributed by atoms with Gasteiger partial charge >= 0.3 is 0 Å². The molecule has 0 saturated heterocycles. The molecule has 1 heterocycles. The predicted octanol–water partition coefficient (Wildman–Crippen LogP) is 2.05. The zero-order valence-corrected chi connectivity index (χ0v) is 8.13. The van der Waals surface area contributed by atoms with Crippen LogP contribution in [0.3, 0.4) is 0 Å². The Hall–Kier alpha value is -1.35. The van der Waals surface area contributed by atoms with E-state index in [1.807, 2.05) is 22.8 Å². The second kappa shape index (κ2) is 3.42. The first-order chi connectivity index (χ1) is 6.75. The van der Waals surface area contributed by atoms with Crippen LogP contribution in [-0.2, 0) is 6.54 Å². The Balaban J connectivity index is 2.74. The van der Waals surface area contributed by atoms with E-state index in [0.29, 0.717) is 24.2 Å². The number of hydrogen-bond donors (Lipinski definition) is 1. The minimum Gasteiger partial charge on any atom is -0.341 e. The molecule has 0 aliphatic rings. The lowest BCUT2D eigenvalue weighted by atomic mass is 10.2. The lowest BCUT2D eigenvalue weighted by Crippen LogP contribution is -2.10. The monoisotopic (exact) mass is 192 g/mol. The highest BCUT2D eigenvalue weighted by Crippen LogP contribution is 2.23. The summed E-state index contributed by atoms with van der Waals surface area (Å²) in [5.41, 5.74) is 7.07. The molecule has 0 amide bonds. The second-order valence-corrected chi connectivity index (χ2v) is 3.36. The van der Waals surface area contributed by atoms with Gasteiger partial charge in [0.25, 0.3) is 0 Å². The number of nitrogens with two attached hydrogens (primary N) is 1. The maximum atomic E-state index is 13.7. The smallest absolute Gasteiger partial charge is 0.151 e. The zero-order valence-electron chi connectivity index (χ0n) is 8.13. The van der Waals surface area contributed by atoms with Gasteiger partial charge in [-0.1, -0.05) is 12.1 Å². The van der Waals surface area contributed by atoms with Crippen LogP contribution in [0.2, 0.25) is 0 Å². The van der Waals surface area contributed by atoms with Gasteiger partial charge in [0.1, 0.15) is 0 Å². The number of nitrogens with zero attached hydrogens (tertiary/aromatic N) is 1. The largest absolute Gasteiger partial charge is 0.341 e. The predicted molar refractivity (Wildman–Crippen MR) is 55.7 cm³/mol. The van der Waals surface area contributed by atoms with Gasteiger partial charge in [0.05, 0.1) is 11.2 Å². The van der Waals surface area contributed by atoms with Crippen LogP contribution in [0.1, 0.15) is 5.69 Å². The third kappa shape index (κ3) is 1.21. The Morgan fingerprint density at radius 1 is 1.36 bits per heavy atom. The third-order valence-electron chi connectivity index (χ3n) is 2.51. The topological polar surface area (TPSA) is 30.9 Å². The van der Waals surface area contributed by atoms with Crippen LogP contribution >= 0.6 is 0 Å². The standard InChI is InChI=1S/C11H13FN2/c1-8-11(12)9-4-2-3-5-10(9)14(8)7-6-13/h2-5H,6-7,13H2,1H3. The molecule has 1 aromatic carbocycles. The lowest BCUT2D eigenvalue weighted by molar-refractivity contribution is 0.605. The molecule has 0 spiro atoms. The molecule has 14 heavy (non-hydrogen) atoms. The lowest BCUT2D eigenvalue weighted by Gasteiger charge is -2.04. The summed E-state index contributed by atoms with van der Waals surface area (Å²) < 4.78 is 15.6. The average molecular weight is 192 g/mol. The Kier molecular flexibility index (Phi) is 2.25. The van der Waals surface area contributed by atoms with E-state index in [-0.39, 0.29) is 5.82 Å². The van der Waals surface area contributed by atoms with Crippen LogP contribution in [0.15, 0.2) is 24.3 Å². The molecule has 3 heteroatoms. The minimum atomic E-state index is -0.131. The summed E-state index contributed by atoms with van der Waals surface area (Å²) in [5, 5.41) is 0.679. The number of fused-ring (bicyclic) bond motifs is 1. The number of aromatic nitrogens is 1. The minimum absolute atomic E-state index is 0.131. The molecule has 0 saturated carbocycles. The maximum Gasteiger partial charge on any atom is 0.151 e. The van der Waals surface area contributed by atoms with Crippen molar-refractivity contribution in [1.82, 2.24) is 4.57 Å². The van der Waals surface area contributed by atoms with Gasteiger partial charge in [0, 0.05) is 18.5 Å². The van der Waals surface area contributed by atoms with Crippen molar-refractivity contribution in [2.75, 3.05) is 6.54 Å². The summed E-state index contributed by atoms with van der Waals surface area (Å²) in [6.45, 7) is 2.97. The van der Waals surface area contributed by atoms with Gasteiger partial charge in [0.15, 0.2) is 5.82 Å². The first-order valence-electron chi connectivity index (χ1n) is 4.69. The summed E-state index contributed by atoms with van der Waals surface area (Å²) in [7, 11) is 0. The fourth-order valence-corrected chi connectivity index (χ4v) is 1.81. The van der Waals surface area contributed by atoms with Crippen molar-refractivity contribution in [1.29, 1.82) is 0 Å². The molecule has 2 nitrogen and oxygen atoms in total. The van der Waals surface area contributed by atoms with Crippen molar-refractivity contribution in [3.63, 3.8) is 0 Å². The van der Waals surface area contributed by atoms with Gasteiger partial charge in [0.2, 0.25) is 0 Å². The molecular formula is C11H13FN2. The summed E-state index contributed by atoms with van der Waals surface area (Å²) >= 11 is 0. The van der Waals surface area contributed by atoms with Gasteiger partial charge < -0.3 is 10.3 Å². The fourth-order valence-electron chi connectivity index (χ4n) is 1.81. The zero-order chi connectivity index (χ0) is 10.1. The molecule has 0 radical (unpaired) electrons. The molecule has 2 rings (SSSR count). The highest BCUT2D eigenvalue weighted by Gasteiger charge is 2.11. The van der Waals surface area contributed by atoms with Gasteiger partial charge in [-0.25, -0.2) is 4.39 Å². The number of halogens is 1. The summed E-state index contributed by atoms with van der Waals surface area (Å²) in [6, 6.07) is 7.47. The van der Waals surface area contributed by atoms with Crippen LogP contribution < -0.4 is 5.73 Å². The van der Waals surface area contributed by atoms with Gasteiger partial charge in [-0.15, -0.1) is 0 Å². The molecule has 74 valence electrons. The van der Waals surface area contributed by atoms with E-state index in [1.54, 1.807) is 13.0 Å². The van der Waals surface area contributed by atoms with E-state index >= 15 is 0 Å². The van der Waals surface area contributed by atoms with E-state index in [1.165, 1.54) is 0 Å². The van der Waals surface area contributed by atoms with Crippen molar-refractivity contribution in [3.8, 4) is 0 Å². The molecule has 0 fully saturated rings. The van der Waals surface area contributed by atoms with E-state index in [9.17, 15) is 4.39 Å². The van der Waals surface area contributed by atoms with Crippen molar-refractivity contribution < 1.29 is 4.39 Å². The van der Waals surface area contributed by atoms with Crippen molar-refractivity contribution >= 4 is 10.9 Å². The van der Waals surface area contributed by atoms with Crippen LogP contribution in [-0.4, -0.2) is 11.1 Å². The van der Waals surface area contributed by atoms with Crippen molar-refractivity contribution in [2.45, 2.75) is 13.5 Å². The van der Waals surface area contributed by atoms with Crippen LogP contribution in [0.5, 0.6) is 0 Å². The van der Waals surface area contributed by atoms with Gasteiger partial charge in [-0.05, 0) is 19.1 Å². The first-order valence-corrected chi connectivity index (χ1v) is 4.69. The van der Waals surface area contributed by atoms with Crippen LogP contribution in [0, 0.1) is 12.7 Å². The molecule has 0 unspecified atom stereocenters. The van der Waals surface area contributed by atoms with E-state index in [2.05, 4.69) is 0 Å². The van der Waals surface area contributed by atoms with Crippen LogP contribution in [0.25, 0.3) is 10.9 Å². The Morgan fingerprint density at radius 2 is 2.07 bits per heavy atom. The summed E-state index contributed by atoms with van der Waals surface area (Å²) in [5.74, 6) is -0.131. The fraction of sp³-hybridized carbons (Fsp3) is 0.273. The number of para-hydroxylation sites is 1. The van der Waals surface area contributed by atoms with Crippen LogP contribution in [0.4, 0.5) is 4.39 Å². The molecule has 0 aliphatic heterocycles. The number of rotatable bonds is 2. The molecule has 0 bridgehead atoms. The Bertz CT molecular complexity index is 460. The Morgan fingerprint density at radius 3 is 2.79 bits per heavy atom. The SMILES string of the molecule is Cc1c(F)c2ccccc2n1CCN.